The van der Waals surface area contributed by atoms with Crippen LogP contribution >= 0.6 is 11.3 Å². The monoisotopic (exact) mass is 300 g/mol. The topological polar surface area (TPSA) is 96.4 Å². The molecule has 1 aromatic carbocycles. The molecule has 19 heavy (non-hydrogen) atoms. The fraction of sp³-hybridized carbons (Fsp3) is 0.273. The molecule has 0 unspecified atom stereocenters. The molecule has 0 atom stereocenters. The second kappa shape index (κ2) is 5.24. The van der Waals surface area contributed by atoms with Crippen molar-refractivity contribution in [3.63, 3.8) is 0 Å². The van der Waals surface area contributed by atoms with Gasteiger partial charge in [0.15, 0.2) is 0 Å². The van der Waals surface area contributed by atoms with Gasteiger partial charge in [-0.15, -0.1) is 11.3 Å². The van der Waals surface area contributed by atoms with Crippen LogP contribution in [0.25, 0.3) is 10.2 Å². The van der Waals surface area contributed by atoms with Crippen molar-refractivity contribution in [1.82, 2.24) is 10.3 Å². The molecule has 2 rings (SSSR count). The minimum atomic E-state index is -4.06. The van der Waals surface area contributed by atoms with Crippen LogP contribution in [0.4, 0.5) is 0 Å². The molecule has 0 aliphatic heterocycles. The lowest BCUT2D eigenvalue weighted by Crippen LogP contribution is -2.28. The molecule has 1 heterocycles. The number of aryl methyl sites for hydroxylation is 1. The third-order valence-corrected chi connectivity index (χ3v) is 4.06. The zero-order valence-electron chi connectivity index (χ0n) is 10.1. The molecule has 2 N–H and O–H groups in total. The van der Waals surface area contributed by atoms with Crippen molar-refractivity contribution in [1.29, 1.82) is 0 Å². The maximum absolute atomic E-state index is 11.8. The average Bonchev–Trinajstić information content (AvgIpc) is 2.65. The molecule has 1 aromatic heterocycles. The maximum atomic E-state index is 11.8. The molecule has 0 fully saturated rings. The zero-order valence-corrected chi connectivity index (χ0v) is 11.7. The van der Waals surface area contributed by atoms with Gasteiger partial charge in [-0.05, 0) is 25.1 Å². The molecule has 0 saturated heterocycles. The maximum Gasteiger partial charge on any atom is 0.266 e. The van der Waals surface area contributed by atoms with Crippen LogP contribution in [0.1, 0.15) is 15.4 Å². The number of fused-ring (bicyclic) bond motifs is 1. The summed E-state index contributed by atoms with van der Waals surface area (Å²) in [4.78, 5) is 16.1. The smallest absolute Gasteiger partial charge is 0.266 e. The highest BCUT2D eigenvalue weighted by atomic mass is 32.2. The zero-order chi connectivity index (χ0) is 14.0. The van der Waals surface area contributed by atoms with E-state index in [0.717, 1.165) is 15.2 Å². The molecule has 0 saturated carbocycles. The minimum Gasteiger partial charge on any atom is -0.351 e. The molecule has 0 aliphatic carbocycles. The van der Waals surface area contributed by atoms with Crippen molar-refractivity contribution in [3.05, 3.63) is 28.8 Å². The first-order valence-corrected chi connectivity index (χ1v) is 7.88. The predicted octanol–water partition coefficient (Wildman–Crippen LogP) is 1.22. The Morgan fingerprint density at radius 1 is 1.47 bits per heavy atom. The number of nitrogens with zero attached hydrogens (tertiary/aromatic N) is 1. The standard InChI is InChI=1S/C11H12N2O4S2/c1-7-13-9-3-2-8(6-10(9)18-7)11(14)12-4-5-19(15,16)17/h2-3,6H,4-5H2,1H3,(H,12,14)(H,15,16,17). The van der Waals surface area contributed by atoms with E-state index in [-0.39, 0.29) is 12.5 Å². The summed E-state index contributed by atoms with van der Waals surface area (Å²) in [6.07, 6.45) is 0. The Bertz CT molecular complexity index is 721. The van der Waals surface area contributed by atoms with Gasteiger partial charge in [0.1, 0.15) is 0 Å². The Hall–Kier alpha value is -1.51. The Balaban J connectivity index is 2.08. The Labute approximate surface area is 114 Å². The van der Waals surface area contributed by atoms with Gasteiger partial charge in [-0.2, -0.15) is 8.42 Å². The molecule has 0 spiro atoms. The van der Waals surface area contributed by atoms with E-state index < -0.39 is 15.9 Å². The summed E-state index contributed by atoms with van der Waals surface area (Å²) in [6, 6.07) is 5.09. The van der Waals surface area contributed by atoms with Gasteiger partial charge >= 0.3 is 0 Å². The van der Waals surface area contributed by atoms with Crippen LogP contribution in [0, 0.1) is 6.92 Å². The summed E-state index contributed by atoms with van der Waals surface area (Å²) < 4.78 is 30.5. The quantitative estimate of drug-likeness (QED) is 0.828. The molecule has 1 amide bonds. The Morgan fingerprint density at radius 2 is 2.21 bits per heavy atom. The number of thiazole rings is 1. The number of nitrogens with one attached hydrogen (secondary N) is 1. The fourth-order valence-corrected chi connectivity index (χ4v) is 2.80. The number of hydrogen-bond donors (Lipinski definition) is 2. The second-order valence-corrected chi connectivity index (χ2v) is 6.76. The fourth-order valence-electron chi connectivity index (χ4n) is 1.58. The summed E-state index contributed by atoms with van der Waals surface area (Å²) >= 11 is 1.48. The number of aromatic nitrogens is 1. The lowest BCUT2D eigenvalue weighted by molar-refractivity contribution is 0.0956. The van der Waals surface area contributed by atoms with Crippen LogP contribution in [0.15, 0.2) is 18.2 Å². The first-order valence-electron chi connectivity index (χ1n) is 5.46. The normalized spacial score (nSPS) is 11.7. The lowest BCUT2D eigenvalue weighted by atomic mass is 10.2. The third kappa shape index (κ3) is 3.72. The molecule has 2 aromatic rings. The van der Waals surface area contributed by atoms with Crippen molar-refractivity contribution in [2.45, 2.75) is 6.92 Å². The molecule has 0 aliphatic rings. The second-order valence-electron chi connectivity index (χ2n) is 3.96. The van der Waals surface area contributed by atoms with E-state index in [2.05, 4.69) is 10.3 Å². The van der Waals surface area contributed by atoms with E-state index in [9.17, 15) is 13.2 Å². The summed E-state index contributed by atoms with van der Waals surface area (Å²) in [5.74, 6) is -0.878. The largest absolute Gasteiger partial charge is 0.351 e. The van der Waals surface area contributed by atoms with E-state index in [1.54, 1.807) is 18.2 Å². The summed E-state index contributed by atoms with van der Waals surface area (Å²) in [7, 11) is -4.06. The van der Waals surface area contributed by atoms with Crippen molar-refractivity contribution < 1.29 is 17.8 Å². The van der Waals surface area contributed by atoms with Gasteiger partial charge in [-0.3, -0.25) is 9.35 Å². The van der Waals surface area contributed by atoms with E-state index in [1.165, 1.54) is 11.3 Å². The SMILES string of the molecule is Cc1nc2ccc(C(=O)NCCS(=O)(=O)O)cc2s1. The number of carbonyl (C=O) groups excluding carboxylic acids is 1. The highest BCUT2D eigenvalue weighted by Gasteiger charge is 2.10. The Kier molecular flexibility index (Phi) is 3.83. The van der Waals surface area contributed by atoms with Gasteiger partial charge in [0, 0.05) is 12.1 Å². The number of hydrogen-bond acceptors (Lipinski definition) is 5. The van der Waals surface area contributed by atoms with E-state index >= 15 is 0 Å². The van der Waals surface area contributed by atoms with Gasteiger partial charge in [-0.25, -0.2) is 4.98 Å². The van der Waals surface area contributed by atoms with Crippen LogP contribution in [0.5, 0.6) is 0 Å². The van der Waals surface area contributed by atoms with Gasteiger partial charge in [0.25, 0.3) is 16.0 Å². The van der Waals surface area contributed by atoms with Crippen molar-refractivity contribution in [2.24, 2.45) is 0 Å². The number of carbonyl (C=O) groups is 1. The highest BCUT2D eigenvalue weighted by molar-refractivity contribution is 7.85. The molecule has 102 valence electrons. The van der Waals surface area contributed by atoms with E-state index in [1.807, 2.05) is 6.92 Å². The molecule has 0 bridgehead atoms. The van der Waals surface area contributed by atoms with Gasteiger partial charge in [0.2, 0.25) is 0 Å². The lowest BCUT2D eigenvalue weighted by Gasteiger charge is -2.03. The van der Waals surface area contributed by atoms with Gasteiger partial charge < -0.3 is 5.32 Å². The molecule has 8 heteroatoms. The first kappa shape index (κ1) is 13.9. The number of amides is 1. The molecule has 0 radical (unpaired) electrons. The van der Waals surface area contributed by atoms with Crippen LogP contribution < -0.4 is 5.32 Å². The van der Waals surface area contributed by atoms with Crippen molar-refractivity contribution >= 4 is 37.6 Å². The summed E-state index contributed by atoms with van der Waals surface area (Å²) in [5, 5.41) is 3.35. The number of benzene rings is 1. The van der Waals surface area contributed by atoms with Crippen LogP contribution in [0.2, 0.25) is 0 Å². The minimum absolute atomic E-state index is 0.128. The number of rotatable bonds is 4. The van der Waals surface area contributed by atoms with Gasteiger partial charge in [0.05, 0.1) is 21.0 Å². The highest BCUT2D eigenvalue weighted by Crippen LogP contribution is 2.22. The molecule has 6 nitrogen and oxygen atoms in total. The predicted molar refractivity (Wildman–Crippen MR) is 73.1 cm³/mol. The van der Waals surface area contributed by atoms with Crippen LogP contribution in [-0.2, 0) is 10.1 Å². The first-order chi connectivity index (χ1) is 8.85. The van der Waals surface area contributed by atoms with Crippen molar-refractivity contribution in [3.8, 4) is 0 Å². The average molecular weight is 300 g/mol. The third-order valence-electron chi connectivity index (χ3n) is 2.40. The summed E-state index contributed by atoms with van der Waals surface area (Å²) in [6.45, 7) is 1.76. The van der Waals surface area contributed by atoms with Crippen molar-refractivity contribution in [2.75, 3.05) is 12.3 Å². The van der Waals surface area contributed by atoms with E-state index in [0.29, 0.717) is 5.56 Å². The summed E-state index contributed by atoms with van der Waals surface area (Å²) in [5.41, 5.74) is 1.27. The van der Waals surface area contributed by atoms with Gasteiger partial charge in [-0.1, -0.05) is 0 Å². The van der Waals surface area contributed by atoms with Crippen LogP contribution in [-0.4, -0.2) is 36.2 Å². The Morgan fingerprint density at radius 3 is 2.89 bits per heavy atom. The molecular formula is C11H12N2O4S2. The molecular weight excluding hydrogens is 288 g/mol. The van der Waals surface area contributed by atoms with E-state index in [4.69, 9.17) is 4.55 Å². The van der Waals surface area contributed by atoms with Crippen LogP contribution in [0.3, 0.4) is 0 Å².